The number of amides is 1. The summed E-state index contributed by atoms with van der Waals surface area (Å²) in [6.07, 6.45) is 0. The van der Waals surface area contributed by atoms with Crippen LogP contribution in [0, 0.1) is 17.0 Å². The molecule has 0 heterocycles. The molecule has 1 atom stereocenters. The highest BCUT2D eigenvalue weighted by atomic mass is 19.1. The van der Waals surface area contributed by atoms with Gasteiger partial charge >= 0.3 is 0 Å². The van der Waals surface area contributed by atoms with Gasteiger partial charge in [-0.05, 0) is 11.5 Å². The molecule has 0 fully saturated rings. The third-order valence-corrected chi connectivity index (χ3v) is 3.00. The van der Waals surface area contributed by atoms with Crippen LogP contribution >= 0.6 is 0 Å². The third kappa shape index (κ3) is 3.99. The van der Waals surface area contributed by atoms with Gasteiger partial charge in [-0.2, -0.15) is 0 Å². The maximum absolute atomic E-state index is 13.5. The molecule has 1 unspecified atom stereocenters. The molecule has 0 aliphatic heterocycles. The maximum Gasteiger partial charge on any atom is 0.240 e. The molecule has 0 spiro atoms. The topological polar surface area (TPSA) is 46.3 Å². The summed E-state index contributed by atoms with van der Waals surface area (Å²) in [5.41, 5.74) is 5.76. The molecule has 2 N–H and O–H groups in total. The fourth-order valence-corrected chi connectivity index (χ4v) is 1.59. The smallest absolute Gasteiger partial charge is 0.240 e. The quantitative estimate of drug-likeness (QED) is 0.916. The Morgan fingerprint density at radius 3 is 2.42 bits per heavy atom. The Hall–Kier alpha value is -1.49. The Balaban J connectivity index is 2.79. The number of hydrogen-bond donors (Lipinski definition) is 1. The maximum atomic E-state index is 13.5. The van der Waals surface area contributed by atoms with Crippen LogP contribution in [-0.2, 0) is 11.3 Å². The molecule has 1 aromatic rings. The minimum Gasteiger partial charge on any atom is -0.340 e. The number of rotatable bonds is 3. The summed E-state index contributed by atoms with van der Waals surface area (Å²) in [6, 6.07) is 2.63. The zero-order valence-electron chi connectivity index (χ0n) is 11.7. The van der Waals surface area contributed by atoms with Gasteiger partial charge in [0.05, 0.1) is 6.04 Å². The van der Waals surface area contributed by atoms with E-state index in [1.807, 2.05) is 20.8 Å². The number of carbonyl (C=O) groups excluding carboxylic acids is 1. The van der Waals surface area contributed by atoms with E-state index in [-0.39, 0.29) is 23.4 Å². The highest BCUT2D eigenvalue weighted by molar-refractivity contribution is 5.82. The molecule has 0 saturated heterocycles. The van der Waals surface area contributed by atoms with E-state index in [2.05, 4.69) is 0 Å². The van der Waals surface area contributed by atoms with Crippen LogP contribution in [0.5, 0.6) is 0 Å². The molecule has 0 aromatic heterocycles. The molecule has 19 heavy (non-hydrogen) atoms. The van der Waals surface area contributed by atoms with Crippen LogP contribution in [0.2, 0.25) is 0 Å². The average Bonchev–Trinajstić information content (AvgIpc) is 2.29. The molecule has 1 amide bonds. The number of nitrogens with two attached hydrogens (primary N) is 1. The third-order valence-electron chi connectivity index (χ3n) is 3.00. The Morgan fingerprint density at radius 2 is 1.95 bits per heavy atom. The lowest BCUT2D eigenvalue weighted by Crippen LogP contribution is -2.49. The molecule has 0 aliphatic rings. The van der Waals surface area contributed by atoms with Crippen molar-refractivity contribution >= 4 is 5.91 Å². The Morgan fingerprint density at radius 1 is 1.37 bits per heavy atom. The van der Waals surface area contributed by atoms with Crippen molar-refractivity contribution in [3.63, 3.8) is 0 Å². The molecule has 106 valence electrons. The molecule has 1 rings (SSSR count). The first-order chi connectivity index (χ1) is 8.62. The van der Waals surface area contributed by atoms with Crippen molar-refractivity contribution in [2.75, 3.05) is 7.05 Å². The number of benzene rings is 1. The second-order valence-electron chi connectivity index (χ2n) is 5.77. The van der Waals surface area contributed by atoms with Crippen LogP contribution in [0.15, 0.2) is 18.2 Å². The zero-order chi connectivity index (χ0) is 14.8. The Kier molecular flexibility index (Phi) is 4.63. The second-order valence-corrected chi connectivity index (χ2v) is 5.77. The molecule has 0 radical (unpaired) electrons. The van der Waals surface area contributed by atoms with Crippen molar-refractivity contribution in [2.24, 2.45) is 11.1 Å². The summed E-state index contributed by atoms with van der Waals surface area (Å²) in [5.74, 6) is -1.57. The first kappa shape index (κ1) is 15.6. The largest absolute Gasteiger partial charge is 0.340 e. The van der Waals surface area contributed by atoms with Gasteiger partial charge in [0.1, 0.15) is 11.6 Å². The average molecular weight is 270 g/mol. The minimum absolute atomic E-state index is 0.0642. The second kappa shape index (κ2) is 5.65. The van der Waals surface area contributed by atoms with E-state index in [9.17, 15) is 13.6 Å². The summed E-state index contributed by atoms with van der Waals surface area (Å²) in [5, 5.41) is 0. The molecule has 1 aromatic carbocycles. The lowest BCUT2D eigenvalue weighted by molar-refractivity contribution is -0.134. The van der Waals surface area contributed by atoms with Crippen molar-refractivity contribution in [3.05, 3.63) is 35.4 Å². The molecule has 0 saturated carbocycles. The number of likely N-dealkylation sites (N-methyl/N-ethyl adjacent to an activating group) is 1. The monoisotopic (exact) mass is 270 g/mol. The van der Waals surface area contributed by atoms with E-state index in [0.29, 0.717) is 0 Å². The summed E-state index contributed by atoms with van der Waals surface area (Å²) in [7, 11) is 1.55. The van der Waals surface area contributed by atoms with Crippen LogP contribution in [0.1, 0.15) is 26.3 Å². The SMILES string of the molecule is CN(Cc1ccc(F)cc1F)C(=O)C(N)C(C)(C)C. The fraction of sp³-hybridized carbons (Fsp3) is 0.500. The number of carbonyl (C=O) groups is 1. The fourth-order valence-electron chi connectivity index (χ4n) is 1.59. The van der Waals surface area contributed by atoms with E-state index in [4.69, 9.17) is 5.73 Å². The van der Waals surface area contributed by atoms with Gasteiger partial charge in [-0.1, -0.05) is 26.8 Å². The van der Waals surface area contributed by atoms with Gasteiger partial charge in [0.15, 0.2) is 0 Å². The van der Waals surface area contributed by atoms with Gasteiger partial charge < -0.3 is 10.6 Å². The zero-order valence-corrected chi connectivity index (χ0v) is 11.7. The van der Waals surface area contributed by atoms with E-state index < -0.39 is 17.7 Å². The predicted octanol–water partition coefficient (Wildman–Crippen LogP) is 2.30. The standard InChI is InChI=1S/C14H20F2N2O/c1-14(2,3)12(17)13(19)18(4)8-9-5-6-10(15)7-11(9)16/h5-7,12H,8,17H2,1-4H3. The minimum atomic E-state index is -0.666. The van der Waals surface area contributed by atoms with E-state index in [1.54, 1.807) is 7.05 Å². The van der Waals surface area contributed by atoms with Crippen molar-refractivity contribution < 1.29 is 13.6 Å². The van der Waals surface area contributed by atoms with Crippen LogP contribution < -0.4 is 5.73 Å². The molecular formula is C14H20F2N2O. The summed E-state index contributed by atoms with van der Waals surface area (Å²) in [6.45, 7) is 5.65. The summed E-state index contributed by atoms with van der Waals surface area (Å²) >= 11 is 0. The van der Waals surface area contributed by atoms with E-state index in [0.717, 1.165) is 6.07 Å². The van der Waals surface area contributed by atoms with Crippen molar-refractivity contribution in [1.29, 1.82) is 0 Å². The highest BCUT2D eigenvalue weighted by Gasteiger charge is 2.29. The summed E-state index contributed by atoms with van der Waals surface area (Å²) in [4.78, 5) is 13.4. The van der Waals surface area contributed by atoms with Gasteiger partial charge in [-0.25, -0.2) is 8.78 Å². The molecule has 0 aliphatic carbocycles. The van der Waals surface area contributed by atoms with Crippen LogP contribution in [0.3, 0.4) is 0 Å². The Labute approximate surface area is 112 Å². The van der Waals surface area contributed by atoms with Crippen molar-refractivity contribution in [1.82, 2.24) is 4.90 Å². The van der Waals surface area contributed by atoms with Crippen molar-refractivity contribution in [3.8, 4) is 0 Å². The van der Waals surface area contributed by atoms with E-state index in [1.165, 1.54) is 17.0 Å². The normalized spacial score (nSPS) is 13.2. The van der Waals surface area contributed by atoms with Crippen molar-refractivity contribution in [2.45, 2.75) is 33.4 Å². The molecule has 3 nitrogen and oxygen atoms in total. The molecule has 0 bridgehead atoms. The Bertz CT molecular complexity index is 469. The van der Waals surface area contributed by atoms with Crippen LogP contribution in [0.4, 0.5) is 8.78 Å². The number of nitrogens with zero attached hydrogens (tertiary/aromatic N) is 1. The van der Waals surface area contributed by atoms with Gasteiger partial charge in [0.2, 0.25) is 5.91 Å². The van der Waals surface area contributed by atoms with Gasteiger partial charge in [0.25, 0.3) is 0 Å². The number of hydrogen-bond acceptors (Lipinski definition) is 2. The van der Waals surface area contributed by atoms with Gasteiger partial charge in [-0.3, -0.25) is 4.79 Å². The number of halogens is 2. The van der Waals surface area contributed by atoms with E-state index >= 15 is 0 Å². The first-order valence-corrected chi connectivity index (χ1v) is 6.07. The lowest BCUT2D eigenvalue weighted by atomic mass is 9.86. The van der Waals surface area contributed by atoms with Gasteiger partial charge in [0, 0.05) is 25.2 Å². The first-order valence-electron chi connectivity index (χ1n) is 6.07. The van der Waals surface area contributed by atoms with Crippen LogP contribution in [-0.4, -0.2) is 23.9 Å². The highest BCUT2D eigenvalue weighted by Crippen LogP contribution is 2.20. The molecule has 5 heteroatoms. The van der Waals surface area contributed by atoms with Gasteiger partial charge in [-0.15, -0.1) is 0 Å². The lowest BCUT2D eigenvalue weighted by Gasteiger charge is -2.30. The summed E-state index contributed by atoms with van der Waals surface area (Å²) < 4.78 is 26.3. The predicted molar refractivity (Wildman–Crippen MR) is 70.3 cm³/mol. The molecular weight excluding hydrogens is 250 g/mol. The van der Waals surface area contributed by atoms with Crippen LogP contribution in [0.25, 0.3) is 0 Å².